The fraction of sp³-hybridized carbons (Fsp3) is 0.750. The summed E-state index contributed by atoms with van der Waals surface area (Å²) in [5, 5.41) is 17.4. The lowest BCUT2D eigenvalue weighted by molar-refractivity contribution is -0.147. The first-order valence-electron chi connectivity index (χ1n) is 3.89. The second-order valence-electron chi connectivity index (χ2n) is 3.19. The highest BCUT2D eigenvalue weighted by Gasteiger charge is 2.42. The summed E-state index contributed by atoms with van der Waals surface area (Å²) in [6.45, 7) is 0. The van der Waals surface area contributed by atoms with Gasteiger partial charge in [-0.2, -0.15) is 5.26 Å². The average molecular weight is 188 g/mol. The summed E-state index contributed by atoms with van der Waals surface area (Å²) in [6, 6.07) is 1.86. The third-order valence-corrected chi connectivity index (χ3v) is 2.69. The van der Waals surface area contributed by atoms with E-state index in [1.807, 2.05) is 6.07 Å². The first-order chi connectivity index (χ1) is 5.60. The third-order valence-electron chi connectivity index (χ3n) is 2.31. The van der Waals surface area contributed by atoms with E-state index in [-0.39, 0.29) is 11.8 Å². The Morgan fingerprint density at radius 3 is 2.75 bits per heavy atom. The van der Waals surface area contributed by atoms with Crippen molar-refractivity contribution in [2.75, 3.05) is 0 Å². The van der Waals surface area contributed by atoms with Crippen molar-refractivity contribution in [3.05, 3.63) is 0 Å². The Labute approximate surface area is 75.9 Å². The number of nitrogens with zero attached hydrogens (tertiary/aromatic N) is 1. The molecule has 0 aliphatic heterocycles. The summed E-state index contributed by atoms with van der Waals surface area (Å²) in [5.41, 5.74) is -1.22. The van der Waals surface area contributed by atoms with Crippen molar-refractivity contribution >= 4 is 17.6 Å². The molecule has 0 aromatic carbocycles. The monoisotopic (exact) mass is 187 g/mol. The van der Waals surface area contributed by atoms with Crippen molar-refractivity contribution in [3.63, 3.8) is 0 Å². The van der Waals surface area contributed by atoms with Crippen LogP contribution in [0.4, 0.5) is 0 Å². The molecule has 1 saturated carbocycles. The number of hydrogen-bond donors (Lipinski definition) is 1. The van der Waals surface area contributed by atoms with E-state index in [2.05, 4.69) is 0 Å². The number of halogens is 1. The van der Waals surface area contributed by atoms with E-state index in [1.54, 1.807) is 0 Å². The van der Waals surface area contributed by atoms with Crippen LogP contribution in [0, 0.1) is 16.7 Å². The predicted molar refractivity (Wildman–Crippen MR) is 43.8 cm³/mol. The number of carboxylic acids is 1. The minimum atomic E-state index is -1.22. The van der Waals surface area contributed by atoms with Crippen molar-refractivity contribution in [3.8, 4) is 6.07 Å². The maximum atomic E-state index is 10.8. The van der Waals surface area contributed by atoms with Gasteiger partial charge in [-0.25, -0.2) is 0 Å². The fourth-order valence-corrected chi connectivity index (χ4v) is 1.97. The molecule has 4 heteroatoms. The van der Waals surface area contributed by atoms with Crippen molar-refractivity contribution in [1.29, 1.82) is 5.26 Å². The minimum absolute atomic E-state index is 0.158. The van der Waals surface area contributed by atoms with Gasteiger partial charge in [-0.05, 0) is 25.7 Å². The van der Waals surface area contributed by atoms with Crippen LogP contribution in [0.3, 0.4) is 0 Å². The molecule has 0 radical (unpaired) electrons. The van der Waals surface area contributed by atoms with Gasteiger partial charge in [0, 0.05) is 5.38 Å². The van der Waals surface area contributed by atoms with E-state index in [0.717, 1.165) is 12.8 Å². The van der Waals surface area contributed by atoms with Gasteiger partial charge in [0.15, 0.2) is 5.41 Å². The van der Waals surface area contributed by atoms with Crippen LogP contribution in [0.5, 0.6) is 0 Å². The van der Waals surface area contributed by atoms with Crippen molar-refractivity contribution in [2.24, 2.45) is 5.41 Å². The SMILES string of the molecule is N#CC1(C(=O)O)CCCC(Cl)C1. The van der Waals surface area contributed by atoms with Crippen molar-refractivity contribution in [2.45, 2.75) is 31.1 Å². The Morgan fingerprint density at radius 1 is 1.75 bits per heavy atom. The normalized spacial score (nSPS) is 35.5. The molecule has 66 valence electrons. The van der Waals surface area contributed by atoms with E-state index in [0.29, 0.717) is 6.42 Å². The standard InChI is InChI=1S/C8H10ClNO2/c9-6-2-1-3-8(4-6,5-10)7(11)12/h6H,1-4H2,(H,11,12). The number of aliphatic carboxylic acids is 1. The molecule has 0 saturated heterocycles. The fourth-order valence-electron chi connectivity index (χ4n) is 1.55. The van der Waals surface area contributed by atoms with Gasteiger partial charge in [-0.3, -0.25) is 4.79 Å². The zero-order valence-corrected chi connectivity index (χ0v) is 7.34. The molecule has 0 aromatic rings. The molecule has 0 aromatic heterocycles. The van der Waals surface area contributed by atoms with Crippen LogP contribution in [-0.2, 0) is 4.79 Å². The summed E-state index contributed by atoms with van der Waals surface area (Å²) >= 11 is 5.81. The maximum absolute atomic E-state index is 10.8. The van der Waals surface area contributed by atoms with Crippen LogP contribution in [0.25, 0.3) is 0 Å². The Hall–Kier alpha value is -0.750. The highest BCUT2D eigenvalue weighted by molar-refractivity contribution is 6.20. The minimum Gasteiger partial charge on any atom is -0.480 e. The zero-order valence-electron chi connectivity index (χ0n) is 6.59. The van der Waals surface area contributed by atoms with Crippen LogP contribution in [-0.4, -0.2) is 16.5 Å². The first kappa shape index (κ1) is 9.34. The second-order valence-corrected chi connectivity index (χ2v) is 3.81. The molecule has 1 N–H and O–H groups in total. The quantitative estimate of drug-likeness (QED) is 0.637. The van der Waals surface area contributed by atoms with Gasteiger partial charge >= 0.3 is 5.97 Å². The highest BCUT2D eigenvalue weighted by Crippen LogP contribution is 2.38. The lowest BCUT2D eigenvalue weighted by atomic mass is 9.75. The smallest absolute Gasteiger partial charge is 0.324 e. The van der Waals surface area contributed by atoms with Gasteiger partial charge in [0.25, 0.3) is 0 Å². The van der Waals surface area contributed by atoms with Crippen LogP contribution >= 0.6 is 11.6 Å². The number of carboxylic acid groups (broad SMARTS) is 1. The molecule has 1 aliphatic carbocycles. The molecule has 0 amide bonds. The molecular formula is C8H10ClNO2. The molecule has 1 fully saturated rings. The summed E-state index contributed by atoms with van der Waals surface area (Å²) in [4.78, 5) is 10.8. The number of nitriles is 1. The number of hydrogen-bond acceptors (Lipinski definition) is 2. The summed E-state index contributed by atoms with van der Waals surface area (Å²) in [6.07, 6.45) is 2.26. The predicted octanol–water partition coefficient (Wildman–Crippen LogP) is 1.76. The molecule has 2 unspecified atom stereocenters. The van der Waals surface area contributed by atoms with Gasteiger partial charge in [0.2, 0.25) is 0 Å². The third kappa shape index (κ3) is 1.54. The Kier molecular flexibility index (Phi) is 2.58. The first-order valence-corrected chi connectivity index (χ1v) is 4.33. The number of rotatable bonds is 1. The molecule has 3 nitrogen and oxygen atoms in total. The van der Waals surface area contributed by atoms with E-state index >= 15 is 0 Å². The van der Waals surface area contributed by atoms with Crippen LogP contribution in [0.1, 0.15) is 25.7 Å². The molecule has 2 atom stereocenters. The molecule has 1 aliphatic rings. The average Bonchev–Trinajstić information content (AvgIpc) is 2.04. The van der Waals surface area contributed by atoms with Gasteiger partial charge in [0.05, 0.1) is 6.07 Å². The van der Waals surface area contributed by atoms with E-state index in [9.17, 15) is 4.79 Å². The second kappa shape index (κ2) is 3.32. The van der Waals surface area contributed by atoms with Gasteiger partial charge < -0.3 is 5.11 Å². The van der Waals surface area contributed by atoms with E-state index in [4.69, 9.17) is 22.0 Å². The molecular weight excluding hydrogens is 178 g/mol. The van der Waals surface area contributed by atoms with Crippen LogP contribution < -0.4 is 0 Å². The summed E-state index contributed by atoms with van der Waals surface area (Å²) in [5.74, 6) is -1.03. The summed E-state index contributed by atoms with van der Waals surface area (Å²) in [7, 11) is 0. The lowest BCUT2D eigenvalue weighted by Crippen LogP contribution is -2.35. The molecule has 0 spiro atoms. The summed E-state index contributed by atoms with van der Waals surface area (Å²) < 4.78 is 0. The highest BCUT2D eigenvalue weighted by atomic mass is 35.5. The van der Waals surface area contributed by atoms with Crippen molar-refractivity contribution in [1.82, 2.24) is 0 Å². The van der Waals surface area contributed by atoms with Gasteiger partial charge in [-0.1, -0.05) is 0 Å². The Balaban J connectivity index is 2.80. The van der Waals surface area contributed by atoms with E-state index < -0.39 is 11.4 Å². The Morgan fingerprint density at radius 2 is 2.42 bits per heavy atom. The Bertz CT molecular complexity index is 236. The van der Waals surface area contributed by atoms with Gasteiger partial charge in [-0.15, -0.1) is 11.6 Å². The molecule has 0 heterocycles. The lowest BCUT2D eigenvalue weighted by Gasteiger charge is -2.28. The van der Waals surface area contributed by atoms with E-state index in [1.165, 1.54) is 0 Å². The van der Waals surface area contributed by atoms with Crippen LogP contribution in [0.2, 0.25) is 0 Å². The molecule has 1 rings (SSSR count). The molecule has 12 heavy (non-hydrogen) atoms. The van der Waals surface area contributed by atoms with Gasteiger partial charge in [0.1, 0.15) is 0 Å². The molecule has 0 bridgehead atoms. The largest absolute Gasteiger partial charge is 0.480 e. The zero-order chi connectivity index (χ0) is 9.19. The number of carbonyl (C=O) groups is 1. The topological polar surface area (TPSA) is 61.1 Å². The maximum Gasteiger partial charge on any atom is 0.324 e. The van der Waals surface area contributed by atoms with Crippen molar-refractivity contribution < 1.29 is 9.90 Å². The number of alkyl halides is 1. The van der Waals surface area contributed by atoms with Crippen LogP contribution in [0.15, 0.2) is 0 Å².